The fourth-order valence-electron chi connectivity index (χ4n) is 3.18. The first-order chi connectivity index (χ1) is 14.0. The number of ether oxygens (including phenoxy) is 3. The van der Waals surface area contributed by atoms with Crippen LogP contribution in [0.15, 0.2) is 23.0 Å². The van der Waals surface area contributed by atoms with Crippen LogP contribution in [0.4, 0.5) is 0 Å². The van der Waals surface area contributed by atoms with Gasteiger partial charge in [0, 0.05) is 6.54 Å². The molecule has 0 aliphatic carbocycles. The predicted octanol–water partition coefficient (Wildman–Crippen LogP) is 3.05. The van der Waals surface area contributed by atoms with Gasteiger partial charge < -0.3 is 24.5 Å². The smallest absolute Gasteiger partial charge is 0.348 e. The van der Waals surface area contributed by atoms with E-state index >= 15 is 0 Å². The number of esters is 1. The van der Waals surface area contributed by atoms with Crippen LogP contribution in [-0.2, 0) is 11.3 Å². The number of benzene rings is 1. The second kappa shape index (κ2) is 7.84. The second-order valence-electron chi connectivity index (χ2n) is 6.70. The minimum atomic E-state index is -0.428. The summed E-state index contributed by atoms with van der Waals surface area (Å²) in [5.41, 5.74) is 1.37. The van der Waals surface area contributed by atoms with Crippen LogP contribution in [0.5, 0.6) is 11.5 Å². The van der Waals surface area contributed by atoms with E-state index in [0.717, 1.165) is 17.1 Å². The van der Waals surface area contributed by atoms with Gasteiger partial charge in [-0.15, -0.1) is 11.3 Å². The molecule has 0 fully saturated rings. The van der Waals surface area contributed by atoms with Gasteiger partial charge in [-0.3, -0.25) is 4.79 Å². The van der Waals surface area contributed by atoms with E-state index in [-0.39, 0.29) is 25.0 Å². The molecule has 0 saturated heterocycles. The number of fused-ring (bicyclic) bond motifs is 2. The molecule has 0 amide bonds. The normalized spacial score (nSPS) is 13.6. The van der Waals surface area contributed by atoms with Gasteiger partial charge >= 0.3 is 5.97 Å². The summed E-state index contributed by atoms with van der Waals surface area (Å²) in [5, 5.41) is 3.78. The Morgan fingerprint density at radius 3 is 2.97 bits per heavy atom. The molecule has 9 heteroatoms. The van der Waals surface area contributed by atoms with Gasteiger partial charge in [0.2, 0.25) is 6.79 Å². The van der Waals surface area contributed by atoms with Crippen LogP contribution in [0.2, 0.25) is 0 Å². The Kier molecular flexibility index (Phi) is 5.25. The first-order valence-electron chi connectivity index (χ1n) is 9.30. The highest BCUT2D eigenvalue weighted by atomic mass is 32.1. The van der Waals surface area contributed by atoms with Gasteiger partial charge in [0.05, 0.1) is 18.0 Å². The molecule has 8 nitrogen and oxygen atoms in total. The van der Waals surface area contributed by atoms with Crippen LogP contribution in [0.1, 0.15) is 46.5 Å². The van der Waals surface area contributed by atoms with Crippen molar-refractivity contribution in [1.29, 1.82) is 0 Å². The van der Waals surface area contributed by atoms with Crippen LogP contribution in [0, 0.1) is 6.92 Å². The molecule has 4 rings (SSSR count). The van der Waals surface area contributed by atoms with Crippen molar-refractivity contribution < 1.29 is 19.0 Å². The lowest BCUT2D eigenvalue weighted by Crippen LogP contribution is -2.23. The molecule has 0 unspecified atom stereocenters. The summed E-state index contributed by atoms with van der Waals surface area (Å²) in [6, 6.07) is 5.56. The van der Waals surface area contributed by atoms with Crippen molar-refractivity contribution in [3.8, 4) is 11.5 Å². The number of hydrogen-bond donors (Lipinski definition) is 2. The monoisotopic (exact) mass is 415 g/mol. The average molecular weight is 415 g/mol. The predicted molar refractivity (Wildman–Crippen MR) is 109 cm³/mol. The largest absolute Gasteiger partial charge is 0.462 e. The zero-order valence-corrected chi connectivity index (χ0v) is 17.1. The number of nitrogens with one attached hydrogen (secondary N) is 2. The topological polar surface area (TPSA) is 103 Å². The number of nitrogens with zero attached hydrogens (tertiary/aromatic N) is 1. The molecular weight excluding hydrogens is 394 g/mol. The highest BCUT2D eigenvalue weighted by Crippen LogP contribution is 2.32. The first kappa shape index (κ1) is 19.4. The summed E-state index contributed by atoms with van der Waals surface area (Å²) in [5.74, 6) is 1.55. The van der Waals surface area contributed by atoms with Crippen molar-refractivity contribution in [3.63, 3.8) is 0 Å². The van der Waals surface area contributed by atoms with E-state index in [1.54, 1.807) is 13.8 Å². The van der Waals surface area contributed by atoms with Crippen molar-refractivity contribution >= 4 is 27.5 Å². The molecule has 1 atom stereocenters. The summed E-state index contributed by atoms with van der Waals surface area (Å²) in [4.78, 5) is 33.1. The fourth-order valence-corrected chi connectivity index (χ4v) is 4.26. The summed E-state index contributed by atoms with van der Waals surface area (Å²) in [7, 11) is 0. The number of hydrogen-bond acceptors (Lipinski definition) is 8. The number of aryl methyl sites for hydroxylation is 1. The maximum absolute atomic E-state index is 12.6. The Hall–Kier alpha value is -2.91. The summed E-state index contributed by atoms with van der Waals surface area (Å²) in [6.45, 7) is 6.49. The maximum Gasteiger partial charge on any atom is 0.348 e. The molecule has 1 aliphatic heterocycles. The number of carbonyl (C=O) groups is 1. The zero-order chi connectivity index (χ0) is 20.5. The van der Waals surface area contributed by atoms with Gasteiger partial charge in [0.15, 0.2) is 11.5 Å². The van der Waals surface area contributed by atoms with Gasteiger partial charge in [-0.25, -0.2) is 9.78 Å². The SMILES string of the molecule is CCOC(=O)c1sc2nc([C@@H](C)NCc3ccc4c(c3)OCO4)[nH]c(=O)c2c1C. The van der Waals surface area contributed by atoms with Gasteiger partial charge in [-0.1, -0.05) is 6.07 Å². The molecule has 0 radical (unpaired) electrons. The number of rotatable bonds is 6. The Morgan fingerprint density at radius 1 is 1.38 bits per heavy atom. The lowest BCUT2D eigenvalue weighted by Gasteiger charge is -2.13. The highest BCUT2D eigenvalue weighted by Gasteiger charge is 2.21. The number of aromatic amines is 1. The maximum atomic E-state index is 12.6. The van der Waals surface area contributed by atoms with E-state index in [0.29, 0.717) is 33.0 Å². The molecular formula is C20H21N3O5S. The standard InChI is InChI=1S/C20H21N3O5S/c1-4-26-20(25)16-10(2)15-18(24)22-17(23-19(15)29-16)11(3)21-8-12-5-6-13-14(7-12)28-9-27-13/h5-7,11,21H,4,8-9H2,1-3H3,(H,22,23,24)/t11-/m1/s1. The van der Waals surface area contributed by atoms with E-state index in [2.05, 4.69) is 15.3 Å². The molecule has 29 heavy (non-hydrogen) atoms. The van der Waals surface area contributed by atoms with Gasteiger partial charge in [-0.05, 0) is 44.0 Å². The van der Waals surface area contributed by atoms with E-state index in [1.807, 2.05) is 25.1 Å². The van der Waals surface area contributed by atoms with Crippen LogP contribution >= 0.6 is 11.3 Å². The molecule has 152 valence electrons. The number of H-pyrrole nitrogens is 1. The second-order valence-corrected chi connectivity index (χ2v) is 7.70. The zero-order valence-electron chi connectivity index (χ0n) is 16.3. The molecule has 1 aliphatic rings. The van der Waals surface area contributed by atoms with Crippen molar-refractivity contribution in [1.82, 2.24) is 15.3 Å². The van der Waals surface area contributed by atoms with E-state index in [1.165, 1.54) is 11.3 Å². The molecule has 0 spiro atoms. The Bertz CT molecular complexity index is 1140. The highest BCUT2D eigenvalue weighted by molar-refractivity contribution is 7.20. The lowest BCUT2D eigenvalue weighted by atomic mass is 10.2. The van der Waals surface area contributed by atoms with Crippen molar-refractivity contribution in [2.75, 3.05) is 13.4 Å². The van der Waals surface area contributed by atoms with E-state index in [4.69, 9.17) is 14.2 Å². The molecule has 2 aromatic heterocycles. The molecule has 0 bridgehead atoms. The third-order valence-corrected chi connectivity index (χ3v) is 5.90. The third-order valence-electron chi connectivity index (χ3n) is 4.74. The quantitative estimate of drug-likeness (QED) is 0.597. The van der Waals surface area contributed by atoms with Crippen LogP contribution in [0.25, 0.3) is 10.2 Å². The van der Waals surface area contributed by atoms with Crippen LogP contribution in [-0.4, -0.2) is 29.3 Å². The van der Waals surface area contributed by atoms with Crippen molar-refractivity contribution in [2.45, 2.75) is 33.4 Å². The lowest BCUT2D eigenvalue weighted by molar-refractivity contribution is 0.0531. The molecule has 3 aromatic rings. The van der Waals surface area contributed by atoms with Gasteiger partial charge in [-0.2, -0.15) is 0 Å². The minimum absolute atomic E-state index is 0.203. The number of thiophene rings is 1. The minimum Gasteiger partial charge on any atom is -0.462 e. The first-order valence-corrected chi connectivity index (χ1v) is 10.1. The van der Waals surface area contributed by atoms with Crippen LogP contribution in [0.3, 0.4) is 0 Å². The fraction of sp³-hybridized carbons (Fsp3) is 0.350. The Morgan fingerprint density at radius 2 is 2.17 bits per heavy atom. The third kappa shape index (κ3) is 3.70. The van der Waals surface area contributed by atoms with Crippen molar-refractivity contribution in [2.24, 2.45) is 0 Å². The van der Waals surface area contributed by atoms with E-state index < -0.39 is 5.97 Å². The Balaban J connectivity index is 1.55. The van der Waals surface area contributed by atoms with Gasteiger partial charge in [0.1, 0.15) is 15.5 Å². The Labute approximate surface area is 170 Å². The summed E-state index contributed by atoms with van der Waals surface area (Å²) >= 11 is 1.18. The number of aromatic nitrogens is 2. The molecule has 2 N–H and O–H groups in total. The summed E-state index contributed by atoms with van der Waals surface area (Å²) in [6.07, 6.45) is 0. The summed E-state index contributed by atoms with van der Waals surface area (Å²) < 4.78 is 15.8. The molecule has 3 heterocycles. The van der Waals surface area contributed by atoms with E-state index in [9.17, 15) is 9.59 Å². The number of carbonyl (C=O) groups excluding carboxylic acids is 1. The van der Waals surface area contributed by atoms with Crippen LogP contribution < -0.4 is 20.3 Å². The molecule has 0 saturated carbocycles. The van der Waals surface area contributed by atoms with Crippen molar-refractivity contribution in [3.05, 3.63) is 50.4 Å². The van der Waals surface area contributed by atoms with Gasteiger partial charge in [0.25, 0.3) is 5.56 Å². The molecule has 1 aromatic carbocycles. The average Bonchev–Trinajstić information content (AvgIpc) is 3.30.